The number of aromatic amines is 1. The average molecular weight is 383 g/mol. The molecule has 3 heterocycles. The number of nitrogens with zero attached hydrogens (tertiary/aromatic N) is 3. The summed E-state index contributed by atoms with van der Waals surface area (Å²) in [5.74, 6) is 0.534. The molecule has 0 bridgehead atoms. The first kappa shape index (κ1) is 19.3. The lowest BCUT2D eigenvalue weighted by atomic mass is 10.1. The molecule has 0 aromatic carbocycles. The molecule has 9 nitrogen and oxygen atoms in total. The van der Waals surface area contributed by atoms with Crippen molar-refractivity contribution in [3.05, 3.63) is 58.8 Å². The number of amides is 1. The van der Waals surface area contributed by atoms with Crippen molar-refractivity contribution in [2.75, 3.05) is 20.3 Å². The van der Waals surface area contributed by atoms with E-state index in [1.54, 1.807) is 36.7 Å². The third-order valence-corrected chi connectivity index (χ3v) is 4.14. The molecule has 0 saturated heterocycles. The van der Waals surface area contributed by atoms with Crippen LogP contribution in [0, 0.1) is 0 Å². The molecule has 3 aromatic rings. The number of methoxy groups -OCH3 is 1. The molecule has 9 heteroatoms. The lowest BCUT2D eigenvalue weighted by Crippen LogP contribution is -2.25. The van der Waals surface area contributed by atoms with E-state index < -0.39 is 0 Å². The number of nitrogens with one attached hydrogen (secondary N) is 2. The van der Waals surface area contributed by atoms with Crippen molar-refractivity contribution in [2.45, 2.75) is 12.8 Å². The molecule has 0 radical (unpaired) electrons. The Morgan fingerprint density at radius 2 is 2.14 bits per heavy atom. The Bertz CT molecular complexity index is 994. The van der Waals surface area contributed by atoms with Crippen LogP contribution in [0.1, 0.15) is 23.2 Å². The Labute approximate surface area is 161 Å². The second-order valence-electron chi connectivity index (χ2n) is 6.01. The Morgan fingerprint density at radius 3 is 2.86 bits per heavy atom. The minimum absolute atomic E-state index is 0.102. The molecule has 3 N–H and O–H groups in total. The van der Waals surface area contributed by atoms with Crippen molar-refractivity contribution in [1.82, 2.24) is 25.1 Å². The molecule has 0 spiro atoms. The normalized spacial score (nSPS) is 10.6. The zero-order chi connectivity index (χ0) is 19.9. The largest absolute Gasteiger partial charge is 0.481 e. The average Bonchev–Trinajstić information content (AvgIpc) is 3.12. The van der Waals surface area contributed by atoms with Crippen LogP contribution in [-0.2, 0) is 0 Å². The molecule has 0 unspecified atom stereocenters. The second-order valence-corrected chi connectivity index (χ2v) is 6.01. The second kappa shape index (κ2) is 8.96. The summed E-state index contributed by atoms with van der Waals surface area (Å²) in [6, 6.07) is 6.59. The fourth-order valence-corrected chi connectivity index (χ4v) is 2.63. The summed E-state index contributed by atoms with van der Waals surface area (Å²) in [6.07, 6.45) is 5.91. The van der Waals surface area contributed by atoms with E-state index >= 15 is 0 Å². The van der Waals surface area contributed by atoms with Gasteiger partial charge in [-0.05, 0) is 36.6 Å². The van der Waals surface area contributed by atoms with E-state index in [0.717, 1.165) is 0 Å². The fourth-order valence-electron chi connectivity index (χ4n) is 2.63. The first-order valence-electron chi connectivity index (χ1n) is 8.80. The van der Waals surface area contributed by atoms with Crippen LogP contribution in [0.3, 0.4) is 0 Å². The summed E-state index contributed by atoms with van der Waals surface area (Å²) >= 11 is 0. The molecule has 0 aliphatic rings. The predicted octanol–water partition coefficient (Wildman–Crippen LogP) is 1.13. The molecule has 0 atom stereocenters. The van der Waals surface area contributed by atoms with Crippen LogP contribution in [0.25, 0.3) is 16.9 Å². The van der Waals surface area contributed by atoms with E-state index in [1.165, 1.54) is 18.0 Å². The van der Waals surface area contributed by atoms with Crippen LogP contribution < -0.4 is 15.6 Å². The Hall–Kier alpha value is -3.46. The number of aliphatic hydroxyl groups is 1. The van der Waals surface area contributed by atoms with Crippen molar-refractivity contribution >= 4 is 5.91 Å². The molecule has 28 heavy (non-hydrogen) atoms. The Kier molecular flexibility index (Phi) is 6.18. The minimum atomic E-state index is -0.276. The topological polar surface area (TPSA) is 122 Å². The molecule has 146 valence electrons. The molecule has 0 aliphatic carbocycles. The summed E-state index contributed by atoms with van der Waals surface area (Å²) < 4.78 is 6.39. The predicted molar refractivity (Wildman–Crippen MR) is 103 cm³/mol. The van der Waals surface area contributed by atoms with Gasteiger partial charge in [0.25, 0.3) is 11.5 Å². The number of ether oxygens (including phenoxy) is 1. The molecular formula is C19H21N5O4. The van der Waals surface area contributed by atoms with Gasteiger partial charge < -0.3 is 15.2 Å². The highest BCUT2D eigenvalue weighted by atomic mass is 16.5. The maximum atomic E-state index is 12.7. The maximum Gasteiger partial charge on any atom is 0.280 e. The van der Waals surface area contributed by atoms with E-state index in [9.17, 15) is 9.59 Å². The smallest absolute Gasteiger partial charge is 0.280 e. The summed E-state index contributed by atoms with van der Waals surface area (Å²) in [5.41, 5.74) is 1.24. The van der Waals surface area contributed by atoms with Crippen LogP contribution in [0.2, 0.25) is 0 Å². The van der Waals surface area contributed by atoms with Crippen LogP contribution in [-0.4, -0.2) is 51.0 Å². The molecular weight excluding hydrogens is 362 g/mol. The van der Waals surface area contributed by atoms with Gasteiger partial charge in [-0.15, -0.1) is 0 Å². The number of unbranched alkanes of at least 4 members (excludes halogenated alkanes) is 1. The van der Waals surface area contributed by atoms with Gasteiger partial charge in [0.1, 0.15) is 0 Å². The Balaban J connectivity index is 1.77. The molecule has 3 aromatic heterocycles. The number of H-pyrrole nitrogens is 1. The highest BCUT2D eigenvalue weighted by Crippen LogP contribution is 2.19. The van der Waals surface area contributed by atoms with Gasteiger partial charge in [0, 0.05) is 37.8 Å². The van der Waals surface area contributed by atoms with Gasteiger partial charge in [0.2, 0.25) is 5.88 Å². The summed E-state index contributed by atoms with van der Waals surface area (Å²) in [7, 11) is 1.51. The van der Waals surface area contributed by atoms with Crippen molar-refractivity contribution in [2.24, 2.45) is 0 Å². The van der Waals surface area contributed by atoms with Gasteiger partial charge >= 0.3 is 0 Å². The van der Waals surface area contributed by atoms with E-state index in [-0.39, 0.29) is 18.1 Å². The quantitative estimate of drug-likeness (QED) is 0.501. The van der Waals surface area contributed by atoms with Gasteiger partial charge in [-0.1, -0.05) is 0 Å². The highest BCUT2D eigenvalue weighted by Gasteiger charge is 2.13. The number of aliphatic hydroxyl groups excluding tert-OH is 1. The number of carbonyl (C=O) groups is 1. The lowest BCUT2D eigenvalue weighted by Gasteiger charge is -2.05. The summed E-state index contributed by atoms with van der Waals surface area (Å²) in [4.78, 5) is 33.0. The van der Waals surface area contributed by atoms with Gasteiger partial charge in [0.05, 0.1) is 18.2 Å². The van der Waals surface area contributed by atoms with E-state index in [4.69, 9.17) is 9.84 Å². The zero-order valence-corrected chi connectivity index (χ0v) is 15.4. The van der Waals surface area contributed by atoms with Crippen LogP contribution in [0.15, 0.2) is 47.7 Å². The van der Waals surface area contributed by atoms with Crippen molar-refractivity contribution in [3.63, 3.8) is 0 Å². The fraction of sp³-hybridized carbons (Fsp3) is 0.263. The highest BCUT2D eigenvalue weighted by molar-refractivity contribution is 5.93. The molecule has 1 amide bonds. The summed E-state index contributed by atoms with van der Waals surface area (Å²) in [6.45, 7) is 0.585. The SMILES string of the molecule is COc1cc(-c2c[nH]n(-c3ccc(C(=O)NCCCCO)cn3)c2=O)ccn1. The summed E-state index contributed by atoms with van der Waals surface area (Å²) in [5, 5.41) is 14.4. The van der Waals surface area contributed by atoms with Crippen LogP contribution in [0.4, 0.5) is 0 Å². The molecule has 0 fully saturated rings. The van der Waals surface area contributed by atoms with E-state index in [2.05, 4.69) is 20.4 Å². The molecule has 0 aliphatic heterocycles. The first-order valence-corrected chi connectivity index (χ1v) is 8.80. The van der Waals surface area contributed by atoms with Gasteiger partial charge in [-0.3, -0.25) is 14.7 Å². The van der Waals surface area contributed by atoms with Crippen LogP contribution in [0.5, 0.6) is 5.88 Å². The van der Waals surface area contributed by atoms with Gasteiger partial charge in [-0.2, -0.15) is 0 Å². The van der Waals surface area contributed by atoms with Gasteiger partial charge in [0.15, 0.2) is 5.82 Å². The third-order valence-electron chi connectivity index (χ3n) is 4.14. The first-order chi connectivity index (χ1) is 13.6. The number of carbonyl (C=O) groups excluding carboxylic acids is 1. The zero-order valence-electron chi connectivity index (χ0n) is 15.4. The lowest BCUT2D eigenvalue weighted by molar-refractivity contribution is 0.0951. The van der Waals surface area contributed by atoms with E-state index in [1.807, 2.05) is 0 Å². The minimum Gasteiger partial charge on any atom is -0.481 e. The third kappa shape index (κ3) is 4.26. The van der Waals surface area contributed by atoms with Crippen molar-refractivity contribution < 1.29 is 14.6 Å². The molecule has 0 saturated carbocycles. The Morgan fingerprint density at radius 1 is 1.29 bits per heavy atom. The number of hydrogen-bond donors (Lipinski definition) is 3. The number of aromatic nitrogens is 4. The van der Waals surface area contributed by atoms with Crippen molar-refractivity contribution in [3.8, 4) is 22.8 Å². The van der Waals surface area contributed by atoms with E-state index in [0.29, 0.717) is 47.8 Å². The standard InChI is InChI=1S/C19H21N5O4/c1-28-17-10-13(6-8-20-17)15-12-23-24(19(15)27)16-5-4-14(11-22-16)18(26)21-7-2-3-9-25/h4-6,8,10-12,23,25H,2-3,7,9H2,1H3,(H,21,26). The number of rotatable bonds is 8. The monoisotopic (exact) mass is 383 g/mol. The number of pyridine rings is 2. The van der Waals surface area contributed by atoms with Gasteiger partial charge in [-0.25, -0.2) is 14.6 Å². The van der Waals surface area contributed by atoms with Crippen LogP contribution >= 0.6 is 0 Å². The number of hydrogen-bond acceptors (Lipinski definition) is 6. The maximum absolute atomic E-state index is 12.7. The van der Waals surface area contributed by atoms with Crippen molar-refractivity contribution in [1.29, 1.82) is 0 Å². The molecule has 3 rings (SSSR count).